The van der Waals surface area contributed by atoms with Gasteiger partial charge in [-0.25, -0.2) is 0 Å². The second kappa shape index (κ2) is 7.34. The number of rotatable bonds is 3. The summed E-state index contributed by atoms with van der Waals surface area (Å²) in [5.74, 6) is 0.122. The molecule has 0 spiro atoms. The van der Waals surface area contributed by atoms with E-state index in [1.165, 1.54) is 0 Å². The zero-order valence-electron chi connectivity index (χ0n) is 15.6. The Kier molecular flexibility index (Phi) is 4.72. The molecule has 0 saturated carbocycles. The topological polar surface area (TPSA) is 79.3 Å². The molecule has 2 aromatic rings. The Morgan fingerprint density at radius 1 is 1.11 bits per heavy atom. The lowest BCUT2D eigenvalue weighted by molar-refractivity contribution is -0.118. The number of allylic oxidation sites excluding steroid dienone is 1. The zero-order chi connectivity index (χ0) is 19.7. The third kappa shape index (κ3) is 3.08. The molecule has 28 heavy (non-hydrogen) atoms. The number of benzene rings is 2. The Morgan fingerprint density at radius 3 is 2.39 bits per heavy atom. The molecule has 2 aliphatic rings. The molecule has 5 nitrogen and oxygen atoms in total. The van der Waals surface area contributed by atoms with E-state index in [9.17, 15) is 10.1 Å². The summed E-state index contributed by atoms with van der Waals surface area (Å²) < 4.78 is 5.78. The van der Waals surface area contributed by atoms with Crippen molar-refractivity contribution in [2.75, 3.05) is 13.1 Å². The molecule has 0 bridgehead atoms. The van der Waals surface area contributed by atoms with Crippen LogP contribution in [-0.4, -0.2) is 23.8 Å². The summed E-state index contributed by atoms with van der Waals surface area (Å²) >= 11 is 0. The first-order chi connectivity index (χ1) is 13.6. The summed E-state index contributed by atoms with van der Waals surface area (Å²) in [4.78, 5) is 15.2. The molecule has 0 fully saturated rings. The van der Waals surface area contributed by atoms with E-state index in [2.05, 4.69) is 30.0 Å². The summed E-state index contributed by atoms with van der Waals surface area (Å²) in [6, 6.07) is 21.8. The minimum Gasteiger partial charge on any atom is -0.443 e. The molecule has 140 valence electrons. The smallest absolute Gasteiger partial charge is 0.205 e. The molecule has 0 radical (unpaired) electrons. The molecule has 2 aromatic carbocycles. The van der Waals surface area contributed by atoms with E-state index in [1.54, 1.807) is 0 Å². The molecule has 0 amide bonds. The van der Waals surface area contributed by atoms with Crippen molar-refractivity contribution >= 4 is 5.78 Å². The number of hydrogen-bond donors (Lipinski definition) is 1. The van der Waals surface area contributed by atoms with Gasteiger partial charge in [0.05, 0.1) is 19.0 Å². The quantitative estimate of drug-likeness (QED) is 0.895. The van der Waals surface area contributed by atoms with Gasteiger partial charge in [0.25, 0.3) is 0 Å². The van der Waals surface area contributed by atoms with Gasteiger partial charge in [-0.3, -0.25) is 9.69 Å². The van der Waals surface area contributed by atoms with Crippen LogP contribution in [0.15, 0.2) is 83.5 Å². The number of hydrogen-bond acceptors (Lipinski definition) is 5. The van der Waals surface area contributed by atoms with Gasteiger partial charge in [-0.1, -0.05) is 60.7 Å². The van der Waals surface area contributed by atoms with Gasteiger partial charge in [0, 0.05) is 11.6 Å². The predicted octanol–water partition coefficient (Wildman–Crippen LogP) is 3.39. The molecule has 0 aliphatic carbocycles. The number of nitrogens with zero attached hydrogens (tertiary/aromatic N) is 2. The van der Waals surface area contributed by atoms with Gasteiger partial charge in [-0.2, -0.15) is 5.26 Å². The highest BCUT2D eigenvalue weighted by Gasteiger charge is 2.40. The summed E-state index contributed by atoms with van der Waals surface area (Å²) in [6.45, 7) is 2.83. The van der Waals surface area contributed by atoms with Crippen LogP contribution in [0.3, 0.4) is 0 Å². The molecular formula is C23H21N3O2. The maximum atomic E-state index is 13.2. The second-order valence-corrected chi connectivity index (χ2v) is 7.09. The van der Waals surface area contributed by atoms with E-state index in [4.69, 9.17) is 10.5 Å². The lowest BCUT2D eigenvalue weighted by atomic mass is 9.79. The van der Waals surface area contributed by atoms with Gasteiger partial charge < -0.3 is 10.5 Å². The van der Waals surface area contributed by atoms with E-state index in [0.717, 1.165) is 11.1 Å². The zero-order valence-corrected chi connectivity index (χ0v) is 15.6. The fourth-order valence-electron chi connectivity index (χ4n) is 3.95. The Morgan fingerprint density at radius 2 is 1.75 bits per heavy atom. The highest BCUT2D eigenvalue weighted by atomic mass is 16.5. The summed E-state index contributed by atoms with van der Waals surface area (Å²) in [6.07, 6.45) is 0. The van der Waals surface area contributed by atoms with E-state index in [1.807, 2.05) is 48.5 Å². The third-order valence-corrected chi connectivity index (χ3v) is 5.45. The normalized spacial score (nSPS) is 21.0. The van der Waals surface area contributed by atoms with Crippen molar-refractivity contribution in [2.45, 2.75) is 18.9 Å². The Bertz CT molecular complexity index is 1000. The second-order valence-electron chi connectivity index (χ2n) is 7.09. The number of carbonyl (C=O) groups excluding carboxylic acids is 1. The van der Waals surface area contributed by atoms with Gasteiger partial charge in [0.1, 0.15) is 17.4 Å². The average Bonchev–Trinajstić information content (AvgIpc) is 2.73. The lowest BCUT2D eigenvalue weighted by Gasteiger charge is -2.38. The molecule has 2 N–H and O–H groups in total. The SMILES string of the molecule is C[C@@H](c1ccccc1)N1CC(=O)C2=C(C1)OC(N)=C(C#N)[C@@H]2c1ccccc1. The number of nitrogens with two attached hydrogens (primary N) is 1. The van der Waals surface area contributed by atoms with Crippen LogP contribution in [-0.2, 0) is 9.53 Å². The third-order valence-electron chi connectivity index (χ3n) is 5.45. The van der Waals surface area contributed by atoms with Crippen molar-refractivity contribution in [3.8, 4) is 6.07 Å². The van der Waals surface area contributed by atoms with Gasteiger partial charge in [-0.15, -0.1) is 0 Å². The van der Waals surface area contributed by atoms with Crippen LogP contribution in [0.4, 0.5) is 0 Å². The monoisotopic (exact) mass is 371 g/mol. The lowest BCUT2D eigenvalue weighted by Crippen LogP contribution is -2.43. The maximum Gasteiger partial charge on any atom is 0.205 e. The van der Waals surface area contributed by atoms with Gasteiger partial charge in [0.2, 0.25) is 5.88 Å². The highest BCUT2D eigenvalue weighted by Crippen LogP contribution is 2.42. The van der Waals surface area contributed by atoms with E-state index < -0.39 is 5.92 Å². The van der Waals surface area contributed by atoms with Crippen LogP contribution in [0.1, 0.15) is 30.0 Å². The summed E-state index contributed by atoms with van der Waals surface area (Å²) in [7, 11) is 0. The standard InChI is InChI=1S/C23H21N3O2/c1-15(16-8-4-2-5-9-16)26-13-19(27)22-20(14-26)28-23(25)18(12-24)21(22)17-10-6-3-7-11-17/h2-11,15,21H,13-14,25H2,1H3/t15-,21-/m0/s1. The molecule has 0 saturated heterocycles. The highest BCUT2D eigenvalue weighted by molar-refractivity contribution is 6.01. The molecular weight excluding hydrogens is 350 g/mol. The Labute approximate surface area is 164 Å². The van der Waals surface area contributed by atoms with Crippen molar-refractivity contribution in [3.05, 3.63) is 94.6 Å². The Balaban J connectivity index is 1.73. The van der Waals surface area contributed by atoms with Crippen molar-refractivity contribution in [1.82, 2.24) is 4.90 Å². The van der Waals surface area contributed by atoms with Crippen LogP contribution in [0.25, 0.3) is 0 Å². The summed E-state index contributed by atoms with van der Waals surface area (Å²) in [5.41, 5.74) is 8.92. The summed E-state index contributed by atoms with van der Waals surface area (Å²) in [5, 5.41) is 9.65. The number of ketones is 1. The van der Waals surface area contributed by atoms with Gasteiger partial charge in [-0.05, 0) is 18.1 Å². The molecule has 0 unspecified atom stereocenters. The number of nitriles is 1. The van der Waals surface area contributed by atoms with E-state index in [0.29, 0.717) is 23.5 Å². The molecule has 2 heterocycles. The van der Waals surface area contributed by atoms with Crippen LogP contribution in [0.5, 0.6) is 0 Å². The molecule has 2 atom stereocenters. The first-order valence-electron chi connectivity index (χ1n) is 9.28. The number of ether oxygens (including phenoxy) is 1. The van der Waals surface area contributed by atoms with Crippen LogP contribution in [0.2, 0.25) is 0 Å². The largest absolute Gasteiger partial charge is 0.443 e. The molecule has 0 aromatic heterocycles. The minimum atomic E-state index is -0.475. The fraction of sp³-hybridized carbons (Fsp3) is 0.217. The average molecular weight is 371 g/mol. The van der Waals surface area contributed by atoms with Crippen molar-refractivity contribution in [3.63, 3.8) is 0 Å². The molecule has 4 rings (SSSR count). The van der Waals surface area contributed by atoms with Crippen LogP contribution < -0.4 is 5.73 Å². The predicted molar refractivity (Wildman–Crippen MR) is 106 cm³/mol. The van der Waals surface area contributed by atoms with Crippen LogP contribution >= 0.6 is 0 Å². The first-order valence-corrected chi connectivity index (χ1v) is 9.28. The van der Waals surface area contributed by atoms with Crippen molar-refractivity contribution in [2.24, 2.45) is 5.73 Å². The fourth-order valence-corrected chi connectivity index (χ4v) is 3.95. The van der Waals surface area contributed by atoms with Crippen LogP contribution in [0, 0.1) is 11.3 Å². The van der Waals surface area contributed by atoms with E-state index >= 15 is 0 Å². The van der Waals surface area contributed by atoms with Crippen molar-refractivity contribution < 1.29 is 9.53 Å². The van der Waals surface area contributed by atoms with E-state index in [-0.39, 0.29) is 24.3 Å². The number of Topliss-reactive ketones (excluding diaryl/α,β-unsaturated/α-hetero) is 1. The first kappa shape index (κ1) is 18.0. The maximum absolute atomic E-state index is 13.2. The van der Waals surface area contributed by atoms with Gasteiger partial charge >= 0.3 is 0 Å². The molecule has 2 aliphatic heterocycles. The Hall–Kier alpha value is -3.36. The minimum absolute atomic E-state index is 0.0295. The number of carbonyl (C=O) groups is 1. The van der Waals surface area contributed by atoms with Gasteiger partial charge in [0.15, 0.2) is 5.78 Å². The molecule has 5 heteroatoms. The van der Waals surface area contributed by atoms with Crippen molar-refractivity contribution in [1.29, 1.82) is 5.26 Å².